The Morgan fingerprint density at radius 2 is 1.76 bits per heavy atom. The Morgan fingerprint density at radius 1 is 1.00 bits per heavy atom. The quantitative estimate of drug-likeness (QED) is 0.288. The number of aliphatic hydroxyl groups excluding tert-OH is 1. The molecule has 190 valence electrons. The van der Waals surface area contributed by atoms with E-state index < -0.39 is 17.7 Å². The molecule has 7 heteroatoms. The number of carbonyl (C=O) groups is 2. The average molecular weight is 500 g/mol. The van der Waals surface area contributed by atoms with Gasteiger partial charge in [0.1, 0.15) is 17.6 Å². The second-order valence-corrected chi connectivity index (χ2v) is 9.30. The van der Waals surface area contributed by atoms with Crippen LogP contribution >= 0.6 is 0 Å². The number of fused-ring (bicyclic) bond motifs is 1. The highest BCUT2D eigenvalue weighted by Gasteiger charge is 2.46. The van der Waals surface area contributed by atoms with Gasteiger partial charge in [0.15, 0.2) is 11.5 Å². The number of ketones is 1. The fraction of sp³-hybridized carbons (Fsp3) is 0.267. The number of carbonyl (C=O) groups excluding carboxylic acids is 2. The lowest BCUT2D eigenvalue weighted by molar-refractivity contribution is -0.139. The molecule has 0 radical (unpaired) electrons. The Bertz CT molecular complexity index is 1380. The summed E-state index contributed by atoms with van der Waals surface area (Å²) < 4.78 is 16.6. The fourth-order valence-electron chi connectivity index (χ4n) is 5.10. The van der Waals surface area contributed by atoms with Gasteiger partial charge in [-0.3, -0.25) is 9.59 Å². The van der Waals surface area contributed by atoms with Gasteiger partial charge in [0.05, 0.1) is 25.8 Å². The molecular formula is C30H29NO6. The van der Waals surface area contributed by atoms with E-state index in [4.69, 9.17) is 14.2 Å². The maximum atomic E-state index is 13.4. The zero-order valence-electron chi connectivity index (χ0n) is 21.1. The Labute approximate surface area is 215 Å². The lowest BCUT2D eigenvalue weighted by Crippen LogP contribution is -2.31. The van der Waals surface area contributed by atoms with Crippen LogP contribution in [0.25, 0.3) is 5.76 Å². The summed E-state index contributed by atoms with van der Waals surface area (Å²) in [5.41, 5.74) is 3.17. The second kappa shape index (κ2) is 10.0. The van der Waals surface area contributed by atoms with Gasteiger partial charge >= 0.3 is 0 Å². The number of rotatable bonds is 7. The molecule has 1 saturated heterocycles. The number of hydrogen-bond donors (Lipinski definition) is 1. The minimum atomic E-state index is -0.785. The average Bonchev–Trinajstić information content (AvgIpc) is 3.42. The molecule has 37 heavy (non-hydrogen) atoms. The summed E-state index contributed by atoms with van der Waals surface area (Å²) >= 11 is 0. The van der Waals surface area contributed by atoms with Crippen molar-refractivity contribution in [1.29, 1.82) is 0 Å². The van der Waals surface area contributed by atoms with E-state index in [1.54, 1.807) is 37.4 Å². The van der Waals surface area contributed by atoms with Crippen molar-refractivity contribution in [1.82, 2.24) is 4.90 Å². The highest BCUT2D eigenvalue weighted by molar-refractivity contribution is 6.46. The maximum Gasteiger partial charge on any atom is 0.295 e. The van der Waals surface area contributed by atoms with Crippen molar-refractivity contribution >= 4 is 17.4 Å². The number of ether oxygens (including phenoxy) is 3. The Kier molecular flexibility index (Phi) is 6.61. The summed E-state index contributed by atoms with van der Waals surface area (Å²) in [6, 6.07) is 19.6. The highest BCUT2D eigenvalue weighted by Crippen LogP contribution is 2.42. The van der Waals surface area contributed by atoms with E-state index >= 15 is 0 Å². The van der Waals surface area contributed by atoms with Gasteiger partial charge in [-0.25, -0.2) is 0 Å². The van der Waals surface area contributed by atoms with Gasteiger partial charge in [0.25, 0.3) is 11.7 Å². The molecule has 2 atom stereocenters. The SMILES string of the molecule is COc1ccc([C@H]2/C(=C(\O)c3ccc4c(c3)C[C@@H](C)O4)C(=O)C(=O)N2CCc2ccccc2)cc1OC. The Morgan fingerprint density at radius 3 is 2.49 bits per heavy atom. The summed E-state index contributed by atoms with van der Waals surface area (Å²) in [4.78, 5) is 28.2. The van der Waals surface area contributed by atoms with E-state index in [9.17, 15) is 14.7 Å². The van der Waals surface area contributed by atoms with Crippen molar-refractivity contribution in [2.24, 2.45) is 0 Å². The van der Waals surface area contributed by atoms with Gasteiger partial charge in [0.2, 0.25) is 0 Å². The van der Waals surface area contributed by atoms with Crippen LogP contribution < -0.4 is 14.2 Å². The molecule has 0 saturated carbocycles. The number of nitrogens with zero attached hydrogens (tertiary/aromatic N) is 1. The summed E-state index contributed by atoms with van der Waals surface area (Å²) in [6.07, 6.45) is 1.31. The summed E-state index contributed by atoms with van der Waals surface area (Å²) in [7, 11) is 3.07. The molecule has 3 aromatic carbocycles. The molecule has 7 nitrogen and oxygen atoms in total. The van der Waals surface area contributed by atoms with Gasteiger partial charge < -0.3 is 24.2 Å². The summed E-state index contributed by atoms with van der Waals surface area (Å²) in [5, 5.41) is 11.5. The van der Waals surface area contributed by atoms with Crippen molar-refractivity contribution in [2.75, 3.05) is 20.8 Å². The van der Waals surface area contributed by atoms with Crippen molar-refractivity contribution < 1.29 is 28.9 Å². The first-order valence-corrected chi connectivity index (χ1v) is 12.3. The standard InChI is InChI=1S/C30H29NO6/c1-18-15-22-16-21(10-11-23(22)37-18)28(32)26-27(20-9-12-24(35-2)25(17-20)36-3)31(30(34)29(26)33)14-13-19-7-5-4-6-8-19/h4-12,16-18,27,32H,13-15H2,1-3H3/b28-26+/t18-,27+/m1/s1. The van der Waals surface area contributed by atoms with Crippen LogP contribution in [0.15, 0.2) is 72.3 Å². The van der Waals surface area contributed by atoms with Gasteiger partial charge in [-0.1, -0.05) is 36.4 Å². The molecule has 2 aliphatic heterocycles. The van der Waals surface area contributed by atoms with E-state index in [1.807, 2.05) is 43.3 Å². The van der Waals surface area contributed by atoms with E-state index in [-0.39, 0.29) is 17.4 Å². The minimum Gasteiger partial charge on any atom is -0.507 e. The van der Waals surface area contributed by atoms with Gasteiger partial charge in [-0.15, -0.1) is 0 Å². The highest BCUT2D eigenvalue weighted by atomic mass is 16.5. The third-order valence-electron chi connectivity index (χ3n) is 6.92. The monoisotopic (exact) mass is 499 g/mol. The largest absolute Gasteiger partial charge is 0.507 e. The molecule has 0 unspecified atom stereocenters. The van der Waals surface area contributed by atoms with Crippen LogP contribution in [-0.2, 0) is 22.4 Å². The minimum absolute atomic E-state index is 0.0442. The summed E-state index contributed by atoms with van der Waals surface area (Å²) in [6.45, 7) is 2.29. The molecule has 2 heterocycles. The number of hydrogen-bond acceptors (Lipinski definition) is 6. The Balaban J connectivity index is 1.60. The Hall–Kier alpha value is -4.26. The summed E-state index contributed by atoms with van der Waals surface area (Å²) in [5.74, 6) is 0.204. The molecule has 1 N–H and O–H groups in total. The van der Waals surface area contributed by atoms with Crippen LogP contribution in [0.4, 0.5) is 0 Å². The molecule has 1 amide bonds. The van der Waals surface area contributed by atoms with E-state index in [2.05, 4.69) is 0 Å². The van der Waals surface area contributed by atoms with Crippen molar-refractivity contribution in [3.63, 3.8) is 0 Å². The molecule has 0 aromatic heterocycles. The molecule has 0 spiro atoms. The lowest BCUT2D eigenvalue weighted by Gasteiger charge is -2.26. The van der Waals surface area contributed by atoms with Gasteiger partial charge in [-0.05, 0) is 60.4 Å². The smallest absolute Gasteiger partial charge is 0.295 e. The molecule has 2 aliphatic rings. The molecule has 5 rings (SSSR count). The third-order valence-corrected chi connectivity index (χ3v) is 6.92. The fourth-order valence-corrected chi connectivity index (χ4v) is 5.10. The van der Waals surface area contributed by atoms with Crippen molar-refractivity contribution in [3.8, 4) is 17.2 Å². The number of amides is 1. The van der Waals surface area contributed by atoms with Crippen LogP contribution in [0.5, 0.6) is 17.2 Å². The number of aliphatic hydroxyl groups is 1. The van der Waals surface area contributed by atoms with E-state index in [0.717, 1.165) is 16.9 Å². The predicted molar refractivity (Wildman–Crippen MR) is 139 cm³/mol. The molecule has 1 fully saturated rings. The van der Waals surface area contributed by atoms with Crippen molar-refractivity contribution in [2.45, 2.75) is 31.9 Å². The van der Waals surface area contributed by atoms with Gasteiger partial charge in [-0.2, -0.15) is 0 Å². The zero-order valence-corrected chi connectivity index (χ0v) is 21.1. The first-order chi connectivity index (χ1) is 17.9. The van der Waals surface area contributed by atoms with Crippen LogP contribution in [0.2, 0.25) is 0 Å². The number of methoxy groups -OCH3 is 2. The van der Waals surface area contributed by atoms with Crippen LogP contribution in [-0.4, -0.2) is 48.6 Å². The second-order valence-electron chi connectivity index (χ2n) is 9.30. The van der Waals surface area contributed by atoms with Crippen molar-refractivity contribution in [3.05, 3.63) is 94.6 Å². The molecule has 0 bridgehead atoms. The third kappa shape index (κ3) is 4.53. The lowest BCUT2D eigenvalue weighted by atomic mass is 9.94. The zero-order chi connectivity index (χ0) is 26.1. The van der Waals surface area contributed by atoms with Crippen LogP contribution in [0, 0.1) is 0 Å². The van der Waals surface area contributed by atoms with Crippen LogP contribution in [0.1, 0.15) is 35.2 Å². The van der Waals surface area contributed by atoms with Gasteiger partial charge in [0, 0.05) is 18.5 Å². The molecule has 0 aliphatic carbocycles. The first-order valence-electron chi connectivity index (χ1n) is 12.3. The maximum absolute atomic E-state index is 13.4. The number of likely N-dealkylation sites (tertiary alicyclic amines) is 1. The first kappa shape index (κ1) is 24.4. The number of benzene rings is 3. The molecule has 3 aromatic rings. The molecular weight excluding hydrogens is 470 g/mol. The predicted octanol–water partition coefficient (Wildman–Crippen LogP) is 4.69. The topological polar surface area (TPSA) is 85.3 Å². The van der Waals surface area contributed by atoms with Crippen LogP contribution in [0.3, 0.4) is 0 Å². The van der Waals surface area contributed by atoms with E-state index in [1.165, 1.54) is 12.0 Å². The normalized spacial score (nSPS) is 20.0. The number of Topliss-reactive ketones (excluding diaryl/α,β-unsaturated/α-hetero) is 1. The van der Waals surface area contributed by atoms with E-state index in [0.29, 0.717) is 42.0 Å².